The molecule has 34 heavy (non-hydrogen) atoms. The second-order valence-electron chi connectivity index (χ2n) is 9.53. The molecule has 0 atom stereocenters. The third kappa shape index (κ3) is 6.13. The number of hydrogen-bond acceptors (Lipinski definition) is 5. The first-order chi connectivity index (χ1) is 16.2. The number of aromatic hydroxyl groups is 3. The maximum absolute atomic E-state index is 13.4. The maximum Gasteiger partial charge on any atom is 0.260 e. The molecule has 0 unspecified atom stereocenters. The average molecular weight is 465 g/mol. The normalized spacial score (nSPS) is 14.0. The molecule has 0 aromatic heterocycles. The van der Waals surface area contributed by atoms with E-state index in [2.05, 4.69) is 32.2 Å². The summed E-state index contributed by atoms with van der Waals surface area (Å²) < 4.78 is 0. The summed E-state index contributed by atoms with van der Waals surface area (Å²) in [6, 6.07) is 7.36. The fourth-order valence-electron chi connectivity index (χ4n) is 4.14. The van der Waals surface area contributed by atoms with Gasteiger partial charge in [-0.25, -0.2) is 0 Å². The molecule has 1 aliphatic heterocycles. The lowest BCUT2D eigenvalue weighted by Crippen LogP contribution is -2.30. The number of nitrogens with one attached hydrogen (secondary N) is 1. The van der Waals surface area contributed by atoms with Crippen LogP contribution in [0.25, 0.3) is 0 Å². The quantitative estimate of drug-likeness (QED) is 0.182. The van der Waals surface area contributed by atoms with Crippen LogP contribution in [0.2, 0.25) is 0 Å². The van der Waals surface area contributed by atoms with Crippen molar-refractivity contribution in [3.8, 4) is 17.2 Å². The molecule has 0 saturated heterocycles. The first-order valence-corrected chi connectivity index (χ1v) is 12.0. The maximum atomic E-state index is 13.4. The number of rotatable bonds is 9. The minimum atomic E-state index is -0.327. The van der Waals surface area contributed by atoms with Gasteiger partial charge < -0.3 is 25.5 Å². The van der Waals surface area contributed by atoms with E-state index in [1.165, 1.54) is 41.5 Å². The van der Waals surface area contributed by atoms with Crippen LogP contribution in [0.5, 0.6) is 17.2 Å². The molecule has 3 rings (SSSR count). The van der Waals surface area contributed by atoms with Crippen molar-refractivity contribution in [2.45, 2.75) is 59.8 Å². The number of carbonyl (C=O) groups is 1. The predicted molar refractivity (Wildman–Crippen MR) is 138 cm³/mol. The van der Waals surface area contributed by atoms with Gasteiger partial charge in [0.2, 0.25) is 0 Å². The summed E-state index contributed by atoms with van der Waals surface area (Å²) >= 11 is 0. The Kier molecular flexibility index (Phi) is 8.26. The van der Waals surface area contributed by atoms with E-state index in [0.29, 0.717) is 11.3 Å². The fraction of sp³-hybridized carbons (Fsp3) is 0.393. The molecule has 6 nitrogen and oxygen atoms in total. The summed E-state index contributed by atoms with van der Waals surface area (Å²) in [7, 11) is 0. The lowest BCUT2D eigenvalue weighted by atomic mass is 10.0. The van der Waals surface area contributed by atoms with Crippen molar-refractivity contribution in [3.63, 3.8) is 0 Å². The molecule has 4 N–H and O–H groups in total. The molecule has 2 aromatic carbocycles. The molecule has 0 bridgehead atoms. The monoisotopic (exact) mass is 464 g/mol. The molecule has 0 saturated carbocycles. The Balaban J connectivity index is 1.78. The standard InChI is InChI=1S/C28H36N2O4/c1-18(2)8-5-9-19(3)10-6-11-20(4)14-15-30-23-16-21(31)17-25(33)27(23)29-26-22(28(30)34)12-7-13-24(26)32/h7,10,12-14,16-18,29,31-33H,5-6,8-9,11,15H2,1-4H3. The number of phenols is 3. The minimum absolute atomic E-state index is 0.0894. The van der Waals surface area contributed by atoms with Crippen LogP contribution in [0.4, 0.5) is 17.1 Å². The summed E-state index contributed by atoms with van der Waals surface area (Å²) in [5.41, 5.74) is 3.70. The Morgan fingerprint density at radius 3 is 2.47 bits per heavy atom. The summed E-state index contributed by atoms with van der Waals surface area (Å²) in [5.74, 6) is -0.0345. The average Bonchev–Trinajstić information content (AvgIpc) is 2.87. The number of phenolic OH excluding ortho intramolecular Hbond substituents is 3. The van der Waals surface area contributed by atoms with Gasteiger partial charge in [0, 0.05) is 18.7 Å². The van der Waals surface area contributed by atoms with Crippen molar-refractivity contribution in [2.24, 2.45) is 5.92 Å². The van der Waals surface area contributed by atoms with Crippen LogP contribution in [0, 0.1) is 5.92 Å². The van der Waals surface area contributed by atoms with Gasteiger partial charge in [-0.1, -0.05) is 49.6 Å². The molecule has 1 amide bonds. The van der Waals surface area contributed by atoms with E-state index < -0.39 is 0 Å². The summed E-state index contributed by atoms with van der Waals surface area (Å²) in [4.78, 5) is 14.9. The summed E-state index contributed by atoms with van der Waals surface area (Å²) in [5, 5.41) is 33.8. The number of nitrogens with zero attached hydrogens (tertiary/aromatic N) is 1. The number of fused-ring (bicyclic) bond motifs is 2. The number of amides is 1. The van der Waals surface area contributed by atoms with Gasteiger partial charge in [0.05, 0.1) is 16.9 Å². The van der Waals surface area contributed by atoms with Crippen LogP contribution in [-0.2, 0) is 0 Å². The van der Waals surface area contributed by atoms with Gasteiger partial charge in [-0.15, -0.1) is 0 Å². The number of para-hydroxylation sites is 1. The van der Waals surface area contributed by atoms with Crippen molar-refractivity contribution in [1.82, 2.24) is 0 Å². The molecule has 2 aromatic rings. The van der Waals surface area contributed by atoms with Crippen molar-refractivity contribution in [2.75, 3.05) is 16.8 Å². The van der Waals surface area contributed by atoms with E-state index in [1.807, 2.05) is 13.0 Å². The van der Waals surface area contributed by atoms with Gasteiger partial charge in [0.25, 0.3) is 5.91 Å². The molecule has 1 aliphatic rings. The lowest BCUT2D eigenvalue weighted by Gasteiger charge is -2.22. The third-order valence-electron chi connectivity index (χ3n) is 6.15. The van der Waals surface area contributed by atoms with E-state index in [0.717, 1.165) is 30.8 Å². The first kappa shape index (κ1) is 25.2. The molecule has 6 heteroatoms. The highest BCUT2D eigenvalue weighted by Crippen LogP contribution is 2.45. The van der Waals surface area contributed by atoms with Crippen molar-refractivity contribution < 1.29 is 20.1 Å². The first-order valence-electron chi connectivity index (χ1n) is 12.0. The Bertz CT molecular complexity index is 1100. The number of anilines is 3. The van der Waals surface area contributed by atoms with Crippen LogP contribution in [0.3, 0.4) is 0 Å². The predicted octanol–water partition coefficient (Wildman–Crippen LogP) is 7.01. The van der Waals surface area contributed by atoms with Crippen LogP contribution < -0.4 is 10.2 Å². The second kappa shape index (κ2) is 11.1. The third-order valence-corrected chi connectivity index (χ3v) is 6.15. The van der Waals surface area contributed by atoms with E-state index in [4.69, 9.17) is 0 Å². The van der Waals surface area contributed by atoms with Crippen molar-refractivity contribution >= 4 is 23.0 Å². The van der Waals surface area contributed by atoms with Crippen LogP contribution >= 0.6 is 0 Å². The molecular weight excluding hydrogens is 428 g/mol. The zero-order valence-electron chi connectivity index (χ0n) is 20.6. The molecule has 0 aliphatic carbocycles. The largest absolute Gasteiger partial charge is 0.508 e. The van der Waals surface area contributed by atoms with Gasteiger partial charge in [0.15, 0.2) is 0 Å². The number of allylic oxidation sites excluding steroid dienone is 3. The molecule has 1 heterocycles. The van der Waals surface area contributed by atoms with E-state index >= 15 is 0 Å². The second-order valence-corrected chi connectivity index (χ2v) is 9.53. The van der Waals surface area contributed by atoms with Gasteiger partial charge in [-0.3, -0.25) is 4.79 Å². The molecule has 182 valence electrons. The topological polar surface area (TPSA) is 93.0 Å². The van der Waals surface area contributed by atoms with Crippen LogP contribution in [-0.4, -0.2) is 27.8 Å². The highest BCUT2D eigenvalue weighted by molar-refractivity contribution is 6.15. The van der Waals surface area contributed by atoms with Gasteiger partial charge >= 0.3 is 0 Å². The molecule has 0 spiro atoms. The van der Waals surface area contributed by atoms with Gasteiger partial charge in [-0.2, -0.15) is 0 Å². The van der Waals surface area contributed by atoms with Gasteiger partial charge in [0.1, 0.15) is 22.9 Å². The molecule has 0 fully saturated rings. The molecule has 0 radical (unpaired) electrons. The highest BCUT2D eigenvalue weighted by atomic mass is 16.3. The van der Waals surface area contributed by atoms with Gasteiger partial charge in [-0.05, 0) is 57.6 Å². The highest BCUT2D eigenvalue weighted by Gasteiger charge is 2.29. The van der Waals surface area contributed by atoms with Crippen molar-refractivity contribution in [1.29, 1.82) is 0 Å². The number of benzene rings is 2. The number of hydrogen-bond donors (Lipinski definition) is 4. The Morgan fingerprint density at radius 1 is 1.00 bits per heavy atom. The number of carbonyl (C=O) groups excluding carboxylic acids is 1. The van der Waals surface area contributed by atoms with E-state index in [1.54, 1.807) is 12.1 Å². The lowest BCUT2D eigenvalue weighted by molar-refractivity contribution is 0.0991. The van der Waals surface area contributed by atoms with E-state index in [9.17, 15) is 20.1 Å². The molecular formula is C28H36N2O4. The van der Waals surface area contributed by atoms with Crippen LogP contribution in [0.1, 0.15) is 70.2 Å². The van der Waals surface area contributed by atoms with Crippen molar-refractivity contribution in [3.05, 3.63) is 59.2 Å². The SMILES string of the molecule is CC(=CCN1C(=O)c2cccc(O)c2Nc2c(O)cc(O)cc21)CCC=C(C)CCCC(C)C. The Labute approximate surface area is 202 Å². The summed E-state index contributed by atoms with van der Waals surface area (Å²) in [6.07, 6.45) is 9.72. The van der Waals surface area contributed by atoms with Crippen LogP contribution in [0.15, 0.2) is 53.6 Å². The zero-order valence-corrected chi connectivity index (χ0v) is 20.6. The fourth-order valence-corrected chi connectivity index (χ4v) is 4.14. The summed E-state index contributed by atoms with van der Waals surface area (Å²) in [6.45, 7) is 9.00. The Morgan fingerprint density at radius 2 is 1.74 bits per heavy atom. The Hall–Kier alpha value is -3.41. The zero-order chi connectivity index (χ0) is 24.8. The minimum Gasteiger partial charge on any atom is -0.508 e. The van der Waals surface area contributed by atoms with E-state index in [-0.39, 0.29) is 41.1 Å². The smallest absolute Gasteiger partial charge is 0.260 e.